The number of aliphatic carboxylic acids is 1. The summed E-state index contributed by atoms with van der Waals surface area (Å²) in [5, 5.41) is 14.5. The van der Waals surface area contributed by atoms with Gasteiger partial charge in [0.05, 0.1) is 6.61 Å². The molecule has 1 saturated heterocycles. The first-order valence-corrected chi connectivity index (χ1v) is 9.86. The molecule has 0 bridgehead atoms. The Balaban J connectivity index is 0.000000396. The van der Waals surface area contributed by atoms with Crippen molar-refractivity contribution >= 4 is 5.97 Å². The van der Waals surface area contributed by atoms with Gasteiger partial charge in [-0.05, 0) is 49.7 Å². The van der Waals surface area contributed by atoms with E-state index in [2.05, 4.69) is 22.4 Å². The minimum Gasteiger partial charge on any atom is -0.494 e. The summed E-state index contributed by atoms with van der Waals surface area (Å²) < 4.78 is 42.8. The molecule has 1 aliphatic rings. The van der Waals surface area contributed by atoms with Gasteiger partial charge >= 0.3 is 12.1 Å². The van der Waals surface area contributed by atoms with E-state index < -0.39 is 12.1 Å². The highest BCUT2D eigenvalue weighted by Gasteiger charge is 2.38. The number of carboxylic acids is 1. The van der Waals surface area contributed by atoms with Crippen LogP contribution in [0.2, 0.25) is 0 Å². The first-order valence-electron chi connectivity index (χ1n) is 9.86. The van der Waals surface area contributed by atoms with Crippen LogP contribution in [0.3, 0.4) is 0 Å². The summed E-state index contributed by atoms with van der Waals surface area (Å²) >= 11 is 0. The maximum Gasteiger partial charge on any atom is 0.490 e. The van der Waals surface area contributed by atoms with Gasteiger partial charge in [-0.3, -0.25) is 0 Å². The van der Waals surface area contributed by atoms with Crippen molar-refractivity contribution in [2.45, 2.75) is 45.2 Å². The number of benzene rings is 1. The summed E-state index contributed by atoms with van der Waals surface area (Å²) in [4.78, 5) is 13.4. The molecule has 7 nitrogen and oxygen atoms in total. The van der Waals surface area contributed by atoms with Crippen LogP contribution in [0, 0.1) is 5.92 Å². The largest absolute Gasteiger partial charge is 0.494 e. The quantitative estimate of drug-likeness (QED) is 0.580. The minimum absolute atomic E-state index is 0.631. The Morgan fingerprint density at radius 2 is 1.90 bits per heavy atom. The Labute approximate surface area is 172 Å². The highest BCUT2D eigenvalue weighted by Crippen LogP contribution is 2.21. The molecule has 0 aliphatic carbocycles. The van der Waals surface area contributed by atoms with E-state index in [4.69, 9.17) is 19.2 Å². The van der Waals surface area contributed by atoms with Crippen LogP contribution >= 0.6 is 0 Å². The number of carbonyl (C=O) groups is 1. The zero-order chi connectivity index (χ0) is 22.0. The average Bonchev–Trinajstić information content (AvgIpc) is 3.14. The van der Waals surface area contributed by atoms with Gasteiger partial charge < -0.3 is 19.7 Å². The summed E-state index contributed by atoms with van der Waals surface area (Å²) in [6.07, 6.45) is 0.646. The van der Waals surface area contributed by atoms with Crippen LogP contribution in [0.1, 0.15) is 38.5 Å². The molecule has 2 N–H and O–H groups in total. The predicted molar refractivity (Wildman–Crippen MR) is 103 cm³/mol. The van der Waals surface area contributed by atoms with Gasteiger partial charge in [-0.1, -0.05) is 31.3 Å². The Kier molecular flexibility index (Phi) is 9.10. The molecule has 2 aromatic rings. The van der Waals surface area contributed by atoms with Gasteiger partial charge in [0.25, 0.3) is 0 Å². The van der Waals surface area contributed by atoms with Crippen LogP contribution < -0.4 is 10.1 Å². The normalized spacial score (nSPS) is 13.9. The van der Waals surface area contributed by atoms with Crippen molar-refractivity contribution in [3.63, 3.8) is 0 Å². The summed E-state index contributed by atoms with van der Waals surface area (Å²) in [5.41, 5.74) is 0.963. The fourth-order valence-electron chi connectivity index (χ4n) is 2.61. The first-order chi connectivity index (χ1) is 14.3. The molecule has 0 radical (unpaired) electrons. The molecule has 0 saturated carbocycles. The van der Waals surface area contributed by atoms with Crippen LogP contribution in [0.5, 0.6) is 5.75 Å². The maximum atomic E-state index is 10.6. The molecule has 0 unspecified atom stereocenters. The number of aromatic nitrogens is 2. The second kappa shape index (κ2) is 11.5. The molecule has 0 atom stereocenters. The zero-order valence-corrected chi connectivity index (χ0v) is 16.7. The lowest BCUT2D eigenvalue weighted by Gasteiger charge is -2.25. The van der Waals surface area contributed by atoms with Crippen LogP contribution in [0.15, 0.2) is 28.8 Å². The van der Waals surface area contributed by atoms with Crippen molar-refractivity contribution in [2.24, 2.45) is 5.92 Å². The molecule has 2 heterocycles. The van der Waals surface area contributed by atoms with Gasteiger partial charge in [0.15, 0.2) is 0 Å². The monoisotopic (exact) mass is 429 g/mol. The summed E-state index contributed by atoms with van der Waals surface area (Å²) in [6, 6.07) is 7.92. The predicted octanol–water partition coefficient (Wildman–Crippen LogP) is 4.09. The van der Waals surface area contributed by atoms with Gasteiger partial charge in [-0.25, -0.2) is 4.79 Å². The lowest BCUT2D eigenvalue weighted by molar-refractivity contribution is -0.192. The van der Waals surface area contributed by atoms with E-state index in [0.717, 1.165) is 49.7 Å². The Morgan fingerprint density at radius 1 is 1.23 bits per heavy atom. The summed E-state index contributed by atoms with van der Waals surface area (Å²) in [7, 11) is 0. The number of hydrogen-bond acceptors (Lipinski definition) is 6. The van der Waals surface area contributed by atoms with Crippen molar-refractivity contribution in [3.05, 3.63) is 30.2 Å². The zero-order valence-electron chi connectivity index (χ0n) is 16.7. The molecule has 0 amide bonds. The smallest absolute Gasteiger partial charge is 0.490 e. The van der Waals surface area contributed by atoms with Gasteiger partial charge in [-0.15, -0.1) is 0 Å². The third-order valence-electron chi connectivity index (χ3n) is 4.42. The molecule has 166 valence electrons. The summed E-state index contributed by atoms with van der Waals surface area (Å²) in [5.74, 6) is 0.151. The highest BCUT2D eigenvalue weighted by atomic mass is 19.4. The molecule has 1 aromatic carbocycles. The molecule has 3 rings (SSSR count). The van der Waals surface area contributed by atoms with Crippen LogP contribution in [0.25, 0.3) is 11.4 Å². The van der Waals surface area contributed by atoms with Crippen LogP contribution in [-0.2, 0) is 11.2 Å². The van der Waals surface area contributed by atoms with Crippen molar-refractivity contribution < 1.29 is 32.3 Å². The molecule has 1 fully saturated rings. The van der Waals surface area contributed by atoms with Gasteiger partial charge in [0, 0.05) is 12.0 Å². The number of nitrogens with one attached hydrogen (secondary N) is 1. The van der Waals surface area contributed by atoms with Crippen molar-refractivity contribution in [1.29, 1.82) is 0 Å². The van der Waals surface area contributed by atoms with Crippen molar-refractivity contribution in [1.82, 2.24) is 15.5 Å². The van der Waals surface area contributed by atoms with Gasteiger partial charge in [0.1, 0.15) is 5.75 Å². The van der Waals surface area contributed by atoms with E-state index in [-0.39, 0.29) is 0 Å². The number of ether oxygens (including phenoxy) is 1. The SMILES string of the molecule is CCCCCCOc1ccc(-c2noc(CC3CNC3)n2)cc1.O=C(O)C(F)(F)F. The molecule has 30 heavy (non-hydrogen) atoms. The fourth-order valence-corrected chi connectivity index (χ4v) is 2.61. The van der Waals surface area contributed by atoms with E-state index in [1.807, 2.05) is 24.3 Å². The van der Waals surface area contributed by atoms with E-state index in [9.17, 15) is 13.2 Å². The average molecular weight is 429 g/mol. The molecule has 10 heteroatoms. The number of unbranched alkanes of at least 4 members (excludes halogenated alkanes) is 3. The second-order valence-electron chi connectivity index (χ2n) is 6.98. The standard InChI is InChI=1S/C18H25N3O2.C2HF3O2/c1-2-3-4-5-10-22-16-8-6-15(7-9-16)18-20-17(23-21-18)11-14-12-19-13-14;3-2(4,5)1(6)7/h6-9,14,19H,2-5,10-13H2,1H3;(H,6,7). The lowest BCUT2D eigenvalue weighted by atomic mass is 10.00. The van der Waals surface area contributed by atoms with E-state index >= 15 is 0 Å². The maximum absolute atomic E-state index is 10.6. The molecular weight excluding hydrogens is 403 g/mol. The van der Waals surface area contributed by atoms with Gasteiger partial charge in [0.2, 0.25) is 11.7 Å². The Hall–Kier alpha value is -2.62. The van der Waals surface area contributed by atoms with E-state index in [1.165, 1.54) is 19.3 Å². The molecule has 1 aromatic heterocycles. The van der Waals surface area contributed by atoms with Crippen molar-refractivity contribution in [2.75, 3.05) is 19.7 Å². The number of rotatable bonds is 9. The molecule has 0 spiro atoms. The number of halogens is 3. The highest BCUT2D eigenvalue weighted by molar-refractivity contribution is 5.73. The lowest BCUT2D eigenvalue weighted by Crippen LogP contribution is -2.43. The van der Waals surface area contributed by atoms with Crippen LogP contribution in [0.4, 0.5) is 13.2 Å². The Morgan fingerprint density at radius 3 is 2.43 bits per heavy atom. The third kappa shape index (κ3) is 8.02. The van der Waals surface area contributed by atoms with Crippen LogP contribution in [-0.4, -0.2) is 47.1 Å². The minimum atomic E-state index is -5.08. The molecular formula is C20H26F3N3O4. The van der Waals surface area contributed by atoms with Crippen molar-refractivity contribution in [3.8, 4) is 17.1 Å². The van der Waals surface area contributed by atoms with E-state index in [1.54, 1.807) is 0 Å². The summed E-state index contributed by atoms with van der Waals surface area (Å²) in [6.45, 7) is 5.08. The van der Waals surface area contributed by atoms with Gasteiger partial charge in [-0.2, -0.15) is 18.2 Å². The number of nitrogens with zero attached hydrogens (tertiary/aromatic N) is 2. The number of hydrogen-bond donors (Lipinski definition) is 2. The molecule has 1 aliphatic heterocycles. The van der Waals surface area contributed by atoms with E-state index in [0.29, 0.717) is 11.7 Å². The fraction of sp³-hybridized carbons (Fsp3) is 0.550. The first kappa shape index (κ1) is 23.7. The second-order valence-corrected chi connectivity index (χ2v) is 6.98. The third-order valence-corrected chi connectivity index (χ3v) is 4.42. The number of carboxylic acid groups (broad SMARTS) is 1. The topological polar surface area (TPSA) is 97.5 Å². The number of alkyl halides is 3. The Bertz CT molecular complexity index is 774.